The zero-order chi connectivity index (χ0) is 12.6. The fourth-order valence-electron chi connectivity index (χ4n) is 1.88. The lowest BCUT2D eigenvalue weighted by molar-refractivity contribution is -0.240. The summed E-state index contributed by atoms with van der Waals surface area (Å²) in [6.07, 6.45) is -0.0217. The molecule has 0 unspecified atom stereocenters. The monoisotopic (exact) mass is 244 g/mol. The number of aromatic nitrogens is 2. The van der Waals surface area contributed by atoms with Gasteiger partial charge in [0, 0.05) is 11.8 Å². The van der Waals surface area contributed by atoms with Crippen LogP contribution in [-0.4, -0.2) is 34.0 Å². The average Bonchev–Trinajstić information content (AvgIpc) is 2.25. The van der Waals surface area contributed by atoms with Crippen molar-refractivity contribution >= 4 is 0 Å². The summed E-state index contributed by atoms with van der Waals surface area (Å²) in [4.78, 5) is 24.8. The SMILES string of the molecule is Cc1cn([C@@H]2O[C@H](CO)[C@H]2CF)c(=O)[nH]c1=O. The van der Waals surface area contributed by atoms with Gasteiger partial charge in [0.05, 0.1) is 25.3 Å². The molecule has 0 saturated carbocycles. The summed E-state index contributed by atoms with van der Waals surface area (Å²) in [6, 6.07) is 0. The summed E-state index contributed by atoms with van der Waals surface area (Å²) in [5, 5.41) is 8.88. The Morgan fingerprint density at radius 1 is 1.59 bits per heavy atom. The number of aromatic amines is 1. The summed E-state index contributed by atoms with van der Waals surface area (Å²) in [5.74, 6) is -0.567. The number of hydrogen-bond acceptors (Lipinski definition) is 4. The molecular weight excluding hydrogens is 231 g/mol. The number of nitrogens with one attached hydrogen (secondary N) is 1. The van der Waals surface area contributed by atoms with Crippen molar-refractivity contribution in [2.75, 3.05) is 13.3 Å². The number of halogens is 1. The van der Waals surface area contributed by atoms with Crippen LogP contribution in [0.15, 0.2) is 15.8 Å². The molecule has 7 heteroatoms. The first kappa shape index (κ1) is 12.0. The molecule has 17 heavy (non-hydrogen) atoms. The second kappa shape index (κ2) is 4.42. The van der Waals surface area contributed by atoms with Gasteiger partial charge in [-0.05, 0) is 6.92 Å². The summed E-state index contributed by atoms with van der Waals surface area (Å²) in [5.41, 5.74) is -0.764. The molecule has 0 spiro atoms. The lowest BCUT2D eigenvalue weighted by Crippen LogP contribution is -2.52. The van der Waals surface area contributed by atoms with Gasteiger partial charge >= 0.3 is 5.69 Å². The largest absolute Gasteiger partial charge is 0.394 e. The molecule has 2 heterocycles. The number of aryl methyl sites for hydroxylation is 1. The van der Waals surface area contributed by atoms with Gasteiger partial charge in [0.25, 0.3) is 5.56 Å². The third-order valence-corrected chi connectivity index (χ3v) is 2.94. The van der Waals surface area contributed by atoms with E-state index < -0.39 is 36.2 Å². The highest BCUT2D eigenvalue weighted by molar-refractivity contribution is 5.02. The van der Waals surface area contributed by atoms with Crippen molar-refractivity contribution in [3.05, 3.63) is 32.6 Å². The Bertz CT molecular complexity index is 524. The van der Waals surface area contributed by atoms with E-state index in [4.69, 9.17) is 9.84 Å². The summed E-state index contributed by atoms with van der Waals surface area (Å²) >= 11 is 0. The highest BCUT2D eigenvalue weighted by Crippen LogP contribution is 2.36. The van der Waals surface area contributed by atoms with Gasteiger partial charge in [0.2, 0.25) is 0 Å². The maximum atomic E-state index is 12.7. The fraction of sp³-hybridized carbons (Fsp3) is 0.600. The Morgan fingerprint density at radius 3 is 2.88 bits per heavy atom. The Balaban J connectivity index is 2.33. The van der Waals surface area contributed by atoms with Gasteiger partial charge in [-0.3, -0.25) is 18.7 Å². The van der Waals surface area contributed by atoms with Crippen molar-refractivity contribution < 1.29 is 14.2 Å². The van der Waals surface area contributed by atoms with E-state index in [1.54, 1.807) is 6.92 Å². The van der Waals surface area contributed by atoms with Gasteiger partial charge in [-0.2, -0.15) is 0 Å². The number of H-pyrrole nitrogens is 1. The second-order valence-corrected chi connectivity index (χ2v) is 4.04. The molecular formula is C10H13FN2O4. The number of alkyl halides is 1. The molecule has 1 aliphatic rings. The van der Waals surface area contributed by atoms with Gasteiger partial charge in [-0.25, -0.2) is 4.79 Å². The highest BCUT2D eigenvalue weighted by Gasteiger charge is 2.43. The Morgan fingerprint density at radius 2 is 2.29 bits per heavy atom. The number of ether oxygens (including phenoxy) is 1. The molecule has 1 aromatic heterocycles. The van der Waals surface area contributed by atoms with E-state index >= 15 is 0 Å². The van der Waals surface area contributed by atoms with Gasteiger partial charge in [0.1, 0.15) is 6.23 Å². The van der Waals surface area contributed by atoms with Crippen LogP contribution in [0, 0.1) is 12.8 Å². The van der Waals surface area contributed by atoms with E-state index in [0.29, 0.717) is 5.56 Å². The fourth-order valence-corrected chi connectivity index (χ4v) is 1.88. The van der Waals surface area contributed by atoms with Crippen LogP contribution in [0.3, 0.4) is 0 Å². The van der Waals surface area contributed by atoms with Crippen molar-refractivity contribution in [2.24, 2.45) is 5.92 Å². The molecule has 1 aliphatic heterocycles. The number of hydrogen-bond donors (Lipinski definition) is 2. The number of aliphatic hydroxyl groups excluding tert-OH is 1. The molecule has 1 saturated heterocycles. The van der Waals surface area contributed by atoms with Crippen LogP contribution in [0.1, 0.15) is 11.8 Å². The van der Waals surface area contributed by atoms with Crippen molar-refractivity contribution in [3.8, 4) is 0 Å². The van der Waals surface area contributed by atoms with Crippen molar-refractivity contribution in [3.63, 3.8) is 0 Å². The van der Waals surface area contributed by atoms with Gasteiger partial charge in [0.15, 0.2) is 0 Å². The lowest BCUT2D eigenvalue weighted by Gasteiger charge is -2.42. The molecule has 0 aliphatic carbocycles. The van der Waals surface area contributed by atoms with Crippen LogP contribution in [-0.2, 0) is 4.74 Å². The molecule has 1 fully saturated rings. The third kappa shape index (κ3) is 1.91. The number of nitrogens with zero attached hydrogens (tertiary/aromatic N) is 1. The van der Waals surface area contributed by atoms with Crippen LogP contribution in [0.4, 0.5) is 4.39 Å². The zero-order valence-electron chi connectivity index (χ0n) is 9.22. The van der Waals surface area contributed by atoms with E-state index in [2.05, 4.69) is 4.98 Å². The summed E-state index contributed by atoms with van der Waals surface area (Å²) in [7, 11) is 0. The maximum absolute atomic E-state index is 12.7. The van der Waals surface area contributed by atoms with Crippen LogP contribution < -0.4 is 11.2 Å². The predicted molar refractivity (Wildman–Crippen MR) is 56.5 cm³/mol. The normalized spacial score (nSPS) is 27.8. The minimum atomic E-state index is -0.764. The molecule has 94 valence electrons. The molecule has 3 atom stereocenters. The lowest BCUT2D eigenvalue weighted by atomic mass is 9.96. The van der Waals surface area contributed by atoms with Gasteiger partial charge < -0.3 is 9.84 Å². The minimum absolute atomic E-state index is 0.290. The van der Waals surface area contributed by atoms with Crippen molar-refractivity contribution in [1.29, 1.82) is 0 Å². The summed E-state index contributed by atoms with van der Waals surface area (Å²) < 4.78 is 19.1. The predicted octanol–water partition coefficient (Wildman–Crippen LogP) is -0.680. The third-order valence-electron chi connectivity index (χ3n) is 2.94. The first-order valence-electron chi connectivity index (χ1n) is 5.22. The van der Waals surface area contributed by atoms with E-state index in [0.717, 1.165) is 4.57 Å². The molecule has 1 aromatic rings. The van der Waals surface area contributed by atoms with Gasteiger partial charge in [-0.1, -0.05) is 0 Å². The summed E-state index contributed by atoms with van der Waals surface area (Å²) in [6.45, 7) is 0.560. The van der Waals surface area contributed by atoms with E-state index in [-0.39, 0.29) is 6.61 Å². The van der Waals surface area contributed by atoms with Crippen LogP contribution >= 0.6 is 0 Å². The molecule has 0 amide bonds. The maximum Gasteiger partial charge on any atom is 0.330 e. The Kier molecular flexibility index (Phi) is 3.12. The Labute approximate surface area is 95.7 Å². The smallest absolute Gasteiger partial charge is 0.330 e. The molecule has 0 bridgehead atoms. The molecule has 0 radical (unpaired) electrons. The topological polar surface area (TPSA) is 84.3 Å². The number of aliphatic hydroxyl groups is 1. The van der Waals surface area contributed by atoms with E-state index in [1.165, 1.54) is 6.20 Å². The van der Waals surface area contributed by atoms with Crippen molar-refractivity contribution in [1.82, 2.24) is 9.55 Å². The van der Waals surface area contributed by atoms with Gasteiger partial charge in [-0.15, -0.1) is 0 Å². The second-order valence-electron chi connectivity index (χ2n) is 4.04. The first-order valence-corrected chi connectivity index (χ1v) is 5.22. The highest BCUT2D eigenvalue weighted by atomic mass is 19.1. The standard InChI is InChI=1S/C10H13FN2O4/c1-5-3-13(10(16)12-8(5)15)9-6(2-11)7(4-14)17-9/h3,6-7,9,14H,2,4H2,1H3,(H,12,15,16)/t6-,7-,9-/m1/s1. The zero-order valence-corrected chi connectivity index (χ0v) is 9.22. The molecule has 0 aromatic carbocycles. The van der Waals surface area contributed by atoms with Crippen LogP contribution in [0.5, 0.6) is 0 Å². The average molecular weight is 244 g/mol. The van der Waals surface area contributed by atoms with Crippen LogP contribution in [0.25, 0.3) is 0 Å². The van der Waals surface area contributed by atoms with Crippen LogP contribution in [0.2, 0.25) is 0 Å². The quantitative estimate of drug-likeness (QED) is 0.738. The van der Waals surface area contributed by atoms with E-state index in [1.807, 2.05) is 0 Å². The molecule has 6 nitrogen and oxygen atoms in total. The molecule has 2 rings (SSSR count). The Hall–Kier alpha value is -1.47. The molecule has 2 N–H and O–H groups in total. The number of rotatable bonds is 3. The minimum Gasteiger partial charge on any atom is -0.394 e. The first-order chi connectivity index (χ1) is 8.08. The van der Waals surface area contributed by atoms with Crippen molar-refractivity contribution in [2.45, 2.75) is 19.3 Å². The van der Waals surface area contributed by atoms with E-state index in [9.17, 15) is 14.0 Å².